The molecule has 4 N–H and O–H groups in total. The molecule has 0 amide bonds. The summed E-state index contributed by atoms with van der Waals surface area (Å²) >= 11 is 0. The average Bonchev–Trinajstić information content (AvgIpc) is 3.31. The van der Waals surface area contributed by atoms with E-state index >= 15 is 0 Å². The van der Waals surface area contributed by atoms with Crippen molar-refractivity contribution in [3.63, 3.8) is 0 Å². The maximum atomic E-state index is 12.8. The Labute approximate surface area is 413 Å². The van der Waals surface area contributed by atoms with Crippen LogP contribution in [0.5, 0.6) is 0 Å². The SMILES string of the molecule is CC/C=C\C/C=C\C/C=C\C/C=C\C/C=C\CCCC(=O)OC(COC(=O)CCCCCCCCCCCCCCCCCCCCCCCCC)COC1OC(CS(=O)(=O)O)C(O)C(O)C1O. The van der Waals surface area contributed by atoms with Crippen LogP contribution in [0.2, 0.25) is 0 Å². The molecule has 0 aromatic heterocycles. The van der Waals surface area contributed by atoms with Gasteiger partial charge in [-0.1, -0.05) is 216 Å². The number of aliphatic hydroxyl groups excluding tert-OH is 3. The normalized spacial score (nSPS) is 19.6. The highest BCUT2D eigenvalue weighted by atomic mass is 32.2. The maximum absolute atomic E-state index is 12.8. The summed E-state index contributed by atoms with van der Waals surface area (Å²) in [7, 11) is -4.62. The summed E-state index contributed by atoms with van der Waals surface area (Å²) in [5.41, 5.74) is 0. The molecule has 0 aliphatic carbocycles. The van der Waals surface area contributed by atoms with Gasteiger partial charge in [-0.25, -0.2) is 0 Å². The van der Waals surface area contributed by atoms with Crippen molar-refractivity contribution in [1.29, 1.82) is 0 Å². The van der Waals surface area contributed by atoms with E-state index in [1.165, 1.54) is 122 Å². The topological polar surface area (TPSA) is 186 Å². The number of esters is 2. The van der Waals surface area contributed by atoms with Gasteiger partial charge >= 0.3 is 11.9 Å². The van der Waals surface area contributed by atoms with Crippen LogP contribution in [0.4, 0.5) is 0 Å². The van der Waals surface area contributed by atoms with Gasteiger partial charge in [-0.3, -0.25) is 14.1 Å². The van der Waals surface area contributed by atoms with Crippen molar-refractivity contribution >= 4 is 22.1 Å². The van der Waals surface area contributed by atoms with Crippen LogP contribution in [0.1, 0.15) is 219 Å². The number of carbonyl (C=O) groups excluding carboxylic acids is 2. The predicted octanol–water partition coefficient (Wildman–Crippen LogP) is 12.5. The van der Waals surface area contributed by atoms with Crippen molar-refractivity contribution in [2.45, 2.75) is 256 Å². The van der Waals surface area contributed by atoms with Gasteiger partial charge in [-0.05, 0) is 51.4 Å². The number of hydrogen-bond acceptors (Lipinski definition) is 11. The van der Waals surface area contributed by atoms with Gasteiger partial charge in [0.25, 0.3) is 10.1 Å². The van der Waals surface area contributed by atoms with Crippen molar-refractivity contribution in [3.8, 4) is 0 Å². The Balaban J connectivity index is 2.36. The number of rotatable bonds is 45. The lowest BCUT2D eigenvalue weighted by Crippen LogP contribution is -2.60. The standard InChI is InChI=1S/C55H96O12S/c1-3-5-7-9-11-13-15-17-19-21-22-23-24-25-26-28-29-31-33-35-37-39-41-43-50(56)64-45-48(46-65-55-54(60)53(59)52(58)49(67-55)47-68(61,62)63)66-51(57)44-42-40-38-36-34-32-30-27-20-18-16-14-12-10-8-6-4-2/h6,8,12,14,18,20,30,32,36,38,48-49,52-55,58-60H,3-5,7,9-11,13,15-17,19,21-29,31,33-35,37,39-47H2,1-2H3,(H,61,62,63)/b8-6-,14-12-,20-18-,32-30-,38-36-. The molecule has 1 saturated heterocycles. The molecule has 13 heteroatoms. The van der Waals surface area contributed by atoms with Gasteiger partial charge in [0.05, 0.1) is 6.61 Å². The third-order valence-corrected chi connectivity index (χ3v) is 12.9. The first-order valence-corrected chi connectivity index (χ1v) is 28.5. The average molecular weight is 981 g/mol. The van der Waals surface area contributed by atoms with Crippen LogP contribution < -0.4 is 0 Å². The van der Waals surface area contributed by atoms with Gasteiger partial charge in [-0.2, -0.15) is 8.42 Å². The fourth-order valence-corrected chi connectivity index (χ4v) is 8.70. The van der Waals surface area contributed by atoms with E-state index < -0.39 is 71.2 Å². The Morgan fingerprint density at radius 1 is 0.515 bits per heavy atom. The summed E-state index contributed by atoms with van der Waals surface area (Å²) in [5.74, 6) is -2.05. The summed E-state index contributed by atoms with van der Waals surface area (Å²) < 4.78 is 54.2. The first-order chi connectivity index (χ1) is 33.0. The van der Waals surface area contributed by atoms with Crippen LogP contribution in [-0.4, -0.2) is 96.0 Å². The summed E-state index contributed by atoms with van der Waals surface area (Å²) in [6, 6.07) is 0. The minimum Gasteiger partial charge on any atom is -0.462 e. The lowest BCUT2D eigenvalue weighted by Gasteiger charge is -2.40. The Bertz CT molecular complexity index is 1470. The molecule has 0 saturated carbocycles. The number of carbonyl (C=O) groups is 2. The summed E-state index contributed by atoms with van der Waals surface area (Å²) in [4.78, 5) is 25.5. The van der Waals surface area contributed by atoms with Crippen molar-refractivity contribution < 1.29 is 56.8 Å². The van der Waals surface area contributed by atoms with Gasteiger partial charge in [0, 0.05) is 12.8 Å². The molecule has 6 atom stereocenters. The second-order valence-electron chi connectivity index (χ2n) is 18.5. The maximum Gasteiger partial charge on any atom is 0.306 e. The third-order valence-electron chi connectivity index (χ3n) is 12.1. The summed E-state index contributed by atoms with van der Waals surface area (Å²) in [6.45, 7) is 3.63. The second-order valence-corrected chi connectivity index (χ2v) is 20.0. The number of allylic oxidation sites excluding steroid dienone is 10. The lowest BCUT2D eigenvalue weighted by atomic mass is 10.00. The van der Waals surface area contributed by atoms with Gasteiger partial charge in [0.1, 0.15) is 36.8 Å². The van der Waals surface area contributed by atoms with E-state index in [0.717, 1.165) is 51.4 Å². The fraction of sp³-hybridized carbons (Fsp3) is 0.782. The lowest BCUT2D eigenvalue weighted by molar-refractivity contribution is -0.297. The van der Waals surface area contributed by atoms with E-state index in [-0.39, 0.29) is 19.4 Å². The van der Waals surface area contributed by atoms with Gasteiger partial charge in [0.2, 0.25) is 0 Å². The Hall–Kier alpha value is -2.65. The van der Waals surface area contributed by atoms with E-state index in [4.69, 9.17) is 18.9 Å². The number of aliphatic hydroxyl groups is 3. The van der Waals surface area contributed by atoms with Crippen LogP contribution in [0, 0.1) is 0 Å². The van der Waals surface area contributed by atoms with Crippen molar-refractivity contribution in [2.24, 2.45) is 0 Å². The van der Waals surface area contributed by atoms with Gasteiger partial charge < -0.3 is 34.3 Å². The Morgan fingerprint density at radius 2 is 0.926 bits per heavy atom. The molecule has 1 fully saturated rings. The number of ether oxygens (including phenoxy) is 4. The van der Waals surface area contributed by atoms with Crippen LogP contribution in [0.3, 0.4) is 0 Å². The third kappa shape index (κ3) is 38.1. The molecule has 68 heavy (non-hydrogen) atoms. The minimum absolute atomic E-state index is 0.0855. The van der Waals surface area contributed by atoms with Crippen LogP contribution in [0.15, 0.2) is 60.8 Å². The molecule has 1 heterocycles. The smallest absolute Gasteiger partial charge is 0.306 e. The highest BCUT2D eigenvalue weighted by Gasteiger charge is 2.46. The zero-order chi connectivity index (χ0) is 49.8. The molecular formula is C55H96O12S. The molecular weight excluding hydrogens is 885 g/mol. The van der Waals surface area contributed by atoms with Crippen LogP contribution in [-0.2, 0) is 38.7 Å². The number of unbranched alkanes of at least 4 members (excludes halogenated alkanes) is 23. The fourth-order valence-electron chi connectivity index (χ4n) is 8.01. The largest absolute Gasteiger partial charge is 0.462 e. The molecule has 6 unspecified atom stereocenters. The van der Waals surface area contributed by atoms with Crippen LogP contribution in [0.25, 0.3) is 0 Å². The highest BCUT2D eigenvalue weighted by molar-refractivity contribution is 7.85. The Kier molecular flexibility index (Phi) is 41.3. The van der Waals surface area contributed by atoms with Gasteiger partial charge in [0.15, 0.2) is 12.4 Å². The van der Waals surface area contributed by atoms with Crippen molar-refractivity contribution in [1.82, 2.24) is 0 Å². The molecule has 1 aliphatic heterocycles. The predicted molar refractivity (Wildman–Crippen MR) is 275 cm³/mol. The first-order valence-electron chi connectivity index (χ1n) is 26.8. The zero-order valence-electron chi connectivity index (χ0n) is 42.4. The van der Waals surface area contributed by atoms with Crippen LogP contribution >= 0.6 is 0 Å². The highest BCUT2D eigenvalue weighted by Crippen LogP contribution is 2.24. The first kappa shape index (κ1) is 63.4. The minimum atomic E-state index is -4.62. The summed E-state index contributed by atoms with van der Waals surface area (Å²) in [6.07, 6.45) is 47.1. The monoisotopic (exact) mass is 981 g/mol. The van der Waals surface area contributed by atoms with E-state index in [0.29, 0.717) is 19.3 Å². The van der Waals surface area contributed by atoms with E-state index in [9.17, 15) is 37.9 Å². The molecule has 12 nitrogen and oxygen atoms in total. The van der Waals surface area contributed by atoms with Crippen molar-refractivity contribution in [3.05, 3.63) is 60.8 Å². The molecule has 0 spiro atoms. The molecule has 0 bridgehead atoms. The molecule has 0 aromatic rings. The van der Waals surface area contributed by atoms with E-state index in [1.54, 1.807) is 0 Å². The van der Waals surface area contributed by atoms with E-state index in [1.807, 2.05) is 12.2 Å². The molecule has 1 rings (SSSR count). The quantitative estimate of drug-likeness (QED) is 0.0196. The molecule has 0 aromatic carbocycles. The summed E-state index contributed by atoms with van der Waals surface area (Å²) in [5, 5.41) is 31.0. The second kappa shape index (κ2) is 44.3. The zero-order valence-corrected chi connectivity index (χ0v) is 43.3. The Morgan fingerprint density at radius 3 is 1.37 bits per heavy atom. The van der Waals surface area contributed by atoms with E-state index in [2.05, 4.69) is 62.5 Å². The molecule has 0 radical (unpaired) electrons. The van der Waals surface area contributed by atoms with Crippen molar-refractivity contribution in [2.75, 3.05) is 19.0 Å². The molecule has 1 aliphatic rings. The van der Waals surface area contributed by atoms with Gasteiger partial charge in [-0.15, -0.1) is 0 Å². The molecule has 394 valence electrons. The number of hydrogen-bond donors (Lipinski definition) is 4.